The molecular formula is C20H21N3O2. The summed E-state index contributed by atoms with van der Waals surface area (Å²) in [5, 5.41) is 15.0. The number of hydrogen-bond acceptors (Lipinski definition) is 4. The summed E-state index contributed by atoms with van der Waals surface area (Å²) in [6.45, 7) is 4.47. The highest BCUT2D eigenvalue weighted by Gasteiger charge is 2.12. The maximum Gasteiger partial charge on any atom is 0.267 e. The van der Waals surface area contributed by atoms with Gasteiger partial charge in [-0.2, -0.15) is 5.26 Å². The van der Waals surface area contributed by atoms with Gasteiger partial charge in [0.1, 0.15) is 17.4 Å². The molecule has 0 aromatic heterocycles. The predicted octanol–water partition coefficient (Wildman–Crippen LogP) is 3.45. The van der Waals surface area contributed by atoms with E-state index in [-0.39, 0.29) is 5.57 Å². The second-order valence-electron chi connectivity index (χ2n) is 5.69. The zero-order chi connectivity index (χ0) is 18.2. The fraction of sp³-hybridized carbons (Fsp3) is 0.200. The van der Waals surface area contributed by atoms with Crippen LogP contribution >= 0.6 is 0 Å². The smallest absolute Gasteiger partial charge is 0.267 e. The van der Waals surface area contributed by atoms with Crippen LogP contribution in [-0.4, -0.2) is 13.0 Å². The fourth-order valence-electron chi connectivity index (χ4n) is 2.23. The lowest BCUT2D eigenvalue weighted by Crippen LogP contribution is -2.17. The first-order valence-electron chi connectivity index (χ1n) is 7.88. The van der Waals surface area contributed by atoms with Crippen molar-refractivity contribution in [3.63, 3.8) is 0 Å². The molecule has 1 amide bonds. The van der Waals surface area contributed by atoms with Crippen LogP contribution in [0.2, 0.25) is 0 Å². The van der Waals surface area contributed by atoms with Crippen molar-refractivity contribution in [1.29, 1.82) is 5.26 Å². The molecule has 2 rings (SSSR count). The van der Waals surface area contributed by atoms with Crippen LogP contribution < -0.4 is 15.4 Å². The maximum absolute atomic E-state index is 12.3. The van der Waals surface area contributed by atoms with E-state index in [2.05, 4.69) is 10.6 Å². The second kappa shape index (κ2) is 8.55. The van der Waals surface area contributed by atoms with Crippen molar-refractivity contribution in [3.05, 3.63) is 70.9 Å². The van der Waals surface area contributed by atoms with Crippen LogP contribution in [0.5, 0.6) is 5.75 Å². The van der Waals surface area contributed by atoms with Crippen LogP contribution in [0.25, 0.3) is 0 Å². The summed E-state index contributed by atoms with van der Waals surface area (Å²) < 4.78 is 5.23. The maximum atomic E-state index is 12.3. The average molecular weight is 335 g/mol. The largest absolute Gasteiger partial charge is 0.495 e. The van der Waals surface area contributed by atoms with Gasteiger partial charge in [-0.15, -0.1) is 0 Å². The Labute approximate surface area is 147 Å². The molecular weight excluding hydrogens is 314 g/mol. The Hall–Kier alpha value is -3.26. The minimum atomic E-state index is -0.484. The quantitative estimate of drug-likeness (QED) is 0.626. The molecule has 0 aliphatic carbocycles. The number of methoxy groups -OCH3 is 1. The van der Waals surface area contributed by atoms with Crippen LogP contribution in [-0.2, 0) is 11.3 Å². The standard InChI is InChI=1S/C20H21N3O2/c1-14-4-7-16(8-5-14)12-22-13-17(11-21)20(24)23-18-10-15(2)6-9-19(18)25-3/h4-10,13,22H,12H2,1-3H3,(H,23,24)/b17-13-. The number of carbonyl (C=O) groups excluding carboxylic acids is 1. The Morgan fingerprint density at radius 1 is 1.16 bits per heavy atom. The molecule has 0 aliphatic rings. The van der Waals surface area contributed by atoms with Crippen molar-refractivity contribution in [3.8, 4) is 11.8 Å². The molecule has 128 valence electrons. The van der Waals surface area contributed by atoms with Crippen molar-refractivity contribution >= 4 is 11.6 Å². The Kier molecular flexibility index (Phi) is 6.19. The zero-order valence-corrected chi connectivity index (χ0v) is 14.6. The predicted molar refractivity (Wildman–Crippen MR) is 98.1 cm³/mol. The minimum Gasteiger partial charge on any atom is -0.495 e. The summed E-state index contributed by atoms with van der Waals surface area (Å²) in [5.74, 6) is 0.0617. The molecule has 2 N–H and O–H groups in total. The molecule has 5 heteroatoms. The number of anilines is 1. The number of ether oxygens (including phenoxy) is 1. The molecule has 0 saturated heterocycles. The van der Waals surface area contributed by atoms with Gasteiger partial charge >= 0.3 is 0 Å². The third-order valence-corrected chi connectivity index (χ3v) is 3.64. The SMILES string of the molecule is COc1ccc(C)cc1NC(=O)/C(C#N)=C\NCc1ccc(C)cc1. The molecule has 25 heavy (non-hydrogen) atoms. The molecule has 0 radical (unpaired) electrons. The lowest BCUT2D eigenvalue weighted by molar-refractivity contribution is -0.112. The zero-order valence-electron chi connectivity index (χ0n) is 14.6. The summed E-state index contributed by atoms with van der Waals surface area (Å²) in [7, 11) is 1.53. The third kappa shape index (κ3) is 5.11. The molecule has 0 bridgehead atoms. The molecule has 0 fully saturated rings. The molecule has 0 aliphatic heterocycles. The highest BCUT2D eigenvalue weighted by Crippen LogP contribution is 2.25. The number of rotatable bonds is 6. The first kappa shape index (κ1) is 18.1. The summed E-state index contributed by atoms with van der Waals surface area (Å²) >= 11 is 0. The molecule has 2 aromatic carbocycles. The highest BCUT2D eigenvalue weighted by molar-refractivity contribution is 6.07. The van der Waals surface area contributed by atoms with E-state index in [4.69, 9.17) is 4.74 Å². The number of hydrogen-bond donors (Lipinski definition) is 2. The van der Waals surface area contributed by atoms with Gasteiger partial charge in [-0.05, 0) is 37.1 Å². The molecule has 0 unspecified atom stereocenters. The number of nitriles is 1. The number of nitrogens with one attached hydrogen (secondary N) is 2. The Balaban J connectivity index is 2.04. The van der Waals surface area contributed by atoms with Crippen molar-refractivity contribution in [1.82, 2.24) is 5.32 Å². The molecule has 2 aromatic rings. The fourth-order valence-corrected chi connectivity index (χ4v) is 2.23. The van der Waals surface area contributed by atoms with Crippen molar-refractivity contribution in [2.24, 2.45) is 0 Å². The Morgan fingerprint density at radius 3 is 2.48 bits per heavy atom. The van der Waals surface area contributed by atoms with Crippen molar-refractivity contribution < 1.29 is 9.53 Å². The van der Waals surface area contributed by atoms with Crippen molar-refractivity contribution in [2.75, 3.05) is 12.4 Å². The number of aryl methyl sites for hydroxylation is 2. The first-order chi connectivity index (χ1) is 12.0. The minimum absolute atomic E-state index is 0.00401. The van der Waals surface area contributed by atoms with Crippen LogP contribution in [0.3, 0.4) is 0 Å². The summed E-state index contributed by atoms with van der Waals surface area (Å²) in [4.78, 5) is 12.3. The molecule has 0 spiro atoms. The van der Waals surface area contributed by atoms with Gasteiger partial charge in [0.15, 0.2) is 0 Å². The van der Waals surface area contributed by atoms with Crippen LogP contribution in [0.4, 0.5) is 5.69 Å². The number of amides is 1. The molecule has 0 heterocycles. The van der Waals surface area contributed by atoms with Gasteiger partial charge in [-0.25, -0.2) is 0 Å². The topological polar surface area (TPSA) is 74.1 Å². The van der Waals surface area contributed by atoms with Gasteiger partial charge in [-0.1, -0.05) is 35.9 Å². The van der Waals surface area contributed by atoms with E-state index in [1.165, 1.54) is 18.9 Å². The number of benzene rings is 2. The Bertz CT molecular complexity index is 818. The van der Waals surface area contributed by atoms with E-state index in [0.717, 1.165) is 11.1 Å². The highest BCUT2D eigenvalue weighted by atomic mass is 16.5. The summed E-state index contributed by atoms with van der Waals surface area (Å²) in [5.41, 5.74) is 3.77. The number of nitrogens with zero attached hydrogens (tertiary/aromatic N) is 1. The van der Waals surface area contributed by atoms with E-state index in [9.17, 15) is 10.1 Å². The van der Waals surface area contributed by atoms with E-state index in [1.54, 1.807) is 12.1 Å². The van der Waals surface area contributed by atoms with Crippen LogP contribution in [0.15, 0.2) is 54.2 Å². The lowest BCUT2D eigenvalue weighted by atomic mass is 10.1. The summed E-state index contributed by atoms with van der Waals surface area (Å²) in [6, 6.07) is 15.4. The lowest BCUT2D eigenvalue weighted by Gasteiger charge is -2.10. The monoisotopic (exact) mass is 335 g/mol. The normalized spacial score (nSPS) is 10.7. The third-order valence-electron chi connectivity index (χ3n) is 3.64. The number of carbonyl (C=O) groups is 1. The van der Waals surface area contributed by atoms with E-state index >= 15 is 0 Å². The van der Waals surface area contributed by atoms with Gasteiger partial charge in [0.2, 0.25) is 0 Å². The average Bonchev–Trinajstić information content (AvgIpc) is 2.60. The van der Waals surface area contributed by atoms with E-state index in [0.29, 0.717) is 18.0 Å². The second-order valence-corrected chi connectivity index (χ2v) is 5.69. The van der Waals surface area contributed by atoms with Gasteiger partial charge in [-0.3, -0.25) is 4.79 Å². The molecule has 5 nitrogen and oxygen atoms in total. The Morgan fingerprint density at radius 2 is 1.84 bits per heavy atom. The first-order valence-corrected chi connectivity index (χ1v) is 7.88. The van der Waals surface area contributed by atoms with Gasteiger partial charge in [0.05, 0.1) is 12.8 Å². The van der Waals surface area contributed by atoms with Crippen LogP contribution in [0, 0.1) is 25.2 Å². The van der Waals surface area contributed by atoms with Crippen molar-refractivity contribution in [2.45, 2.75) is 20.4 Å². The summed E-state index contributed by atoms with van der Waals surface area (Å²) in [6.07, 6.45) is 1.43. The molecule has 0 saturated carbocycles. The molecule has 0 atom stereocenters. The van der Waals surface area contributed by atoms with Crippen LogP contribution in [0.1, 0.15) is 16.7 Å². The van der Waals surface area contributed by atoms with E-state index < -0.39 is 5.91 Å². The van der Waals surface area contributed by atoms with Gasteiger partial charge < -0.3 is 15.4 Å². The van der Waals surface area contributed by atoms with E-state index in [1.807, 2.05) is 50.2 Å². The van der Waals surface area contributed by atoms with Gasteiger partial charge in [0.25, 0.3) is 5.91 Å². The van der Waals surface area contributed by atoms with Gasteiger partial charge in [0, 0.05) is 12.7 Å².